The first-order chi connectivity index (χ1) is 10.2. The van der Waals surface area contributed by atoms with Gasteiger partial charge in [-0.15, -0.1) is 6.42 Å². The van der Waals surface area contributed by atoms with Crippen molar-refractivity contribution >= 4 is 16.7 Å². The number of terminal acetylenes is 1. The summed E-state index contributed by atoms with van der Waals surface area (Å²) in [5.74, 6) is 2.90. The quantitative estimate of drug-likeness (QED) is 0.675. The van der Waals surface area contributed by atoms with E-state index >= 15 is 0 Å². The lowest BCUT2D eigenvalue weighted by molar-refractivity contribution is -0.143. The number of carbonyl (C=O) groups is 1. The van der Waals surface area contributed by atoms with E-state index in [2.05, 4.69) is 11.2 Å². The molecule has 0 bridgehead atoms. The van der Waals surface area contributed by atoms with Crippen molar-refractivity contribution in [2.24, 2.45) is 0 Å². The number of hydrogen-bond acceptors (Lipinski definition) is 4. The molecule has 0 radical (unpaired) electrons. The van der Waals surface area contributed by atoms with Gasteiger partial charge in [-0.3, -0.25) is 5.32 Å². The summed E-state index contributed by atoms with van der Waals surface area (Å²) >= 11 is 0. The fraction of sp³-hybridized carbons (Fsp3) is 0.235. The zero-order valence-corrected chi connectivity index (χ0v) is 12.1. The van der Waals surface area contributed by atoms with Crippen LogP contribution in [-0.4, -0.2) is 26.7 Å². The highest BCUT2D eigenvalue weighted by Crippen LogP contribution is 2.24. The number of carbonyl (C=O) groups excluding carboxylic acids is 1. The van der Waals surface area contributed by atoms with Crippen LogP contribution in [0.2, 0.25) is 0 Å². The van der Waals surface area contributed by atoms with Crippen LogP contribution in [0.5, 0.6) is 5.75 Å². The molecule has 0 aliphatic heterocycles. The van der Waals surface area contributed by atoms with Gasteiger partial charge in [0.15, 0.2) is 0 Å². The van der Waals surface area contributed by atoms with E-state index in [0.717, 1.165) is 22.1 Å². The first-order valence-corrected chi connectivity index (χ1v) is 6.52. The molecule has 0 aromatic heterocycles. The smallest absolute Gasteiger partial charge is 0.327 e. The number of benzene rings is 2. The molecule has 0 heterocycles. The molecule has 4 nitrogen and oxygen atoms in total. The van der Waals surface area contributed by atoms with Gasteiger partial charge in [0.25, 0.3) is 0 Å². The number of fused-ring (bicyclic) bond motifs is 1. The summed E-state index contributed by atoms with van der Waals surface area (Å²) in [5.41, 5.74) is 0.815. The predicted molar refractivity (Wildman–Crippen MR) is 82.1 cm³/mol. The number of rotatable bonds is 5. The Labute approximate surface area is 124 Å². The van der Waals surface area contributed by atoms with Crippen molar-refractivity contribution in [3.63, 3.8) is 0 Å². The molecule has 1 unspecified atom stereocenters. The van der Waals surface area contributed by atoms with Gasteiger partial charge in [0.1, 0.15) is 11.8 Å². The minimum absolute atomic E-state index is 0.292. The monoisotopic (exact) mass is 283 g/mol. The molecule has 1 N–H and O–H groups in total. The minimum atomic E-state index is -0.572. The van der Waals surface area contributed by atoms with Crippen LogP contribution in [0.15, 0.2) is 36.4 Å². The van der Waals surface area contributed by atoms with Crippen LogP contribution in [0.1, 0.15) is 11.6 Å². The normalized spacial score (nSPS) is 11.7. The van der Waals surface area contributed by atoms with Crippen molar-refractivity contribution in [3.8, 4) is 18.1 Å². The highest BCUT2D eigenvalue weighted by atomic mass is 16.5. The topological polar surface area (TPSA) is 47.6 Å². The molecule has 0 aliphatic carbocycles. The number of methoxy groups -OCH3 is 2. The van der Waals surface area contributed by atoms with Gasteiger partial charge in [-0.1, -0.05) is 24.1 Å². The Morgan fingerprint density at radius 1 is 1.24 bits per heavy atom. The molecule has 0 amide bonds. The summed E-state index contributed by atoms with van der Waals surface area (Å²) in [6, 6.07) is 11.0. The lowest BCUT2D eigenvalue weighted by atomic mass is 10.0. The second-order valence-corrected chi connectivity index (χ2v) is 4.51. The van der Waals surface area contributed by atoms with Crippen LogP contribution in [-0.2, 0) is 9.53 Å². The van der Waals surface area contributed by atoms with Crippen LogP contribution >= 0.6 is 0 Å². The van der Waals surface area contributed by atoms with Crippen LogP contribution in [0.25, 0.3) is 10.8 Å². The zero-order chi connectivity index (χ0) is 15.2. The Morgan fingerprint density at radius 2 is 1.95 bits per heavy atom. The van der Waals surface area contributed by atoms with Gasteiger partial charge in [-0.05, 0) is 34.5 Å². The zero-order valence-electron chi connectivity index (χ0n) is 12.1. The van der Waals surface area contributed by atoms with Crippen molar-refractivity contribution in [1.82, 2.24) is 5.32 Å². The van der Waals surface area contributed by atoms with E-state index < -0.39 is 6.04 Å². The molecule has 21 heavy (non-hydrogen) atoms. The lowest BCUT2D eigenvalue weighted by Gasteiger charge is -2.16. The Bertz CT molecular complexity index is 688. The lowest BCUT2D eigenvalue weighted by Crippen LogP contribution is -2.29. The van der Waals surface area contributed by atoms with Crippen molar-refractivity contribution in [1.29, 1.82) is 0 Å². The molecule has 108 valence electrons. The molecular formula is C17H17NO3. The molecule has 0 aliphatic rings. The van der Waals surface area contributed by atoms with Gasteiger partial charge in [-0.25, -0.2) is 4.79 Å². The summed E-state index contributed by atoms with van der Waals surface area (Å²) in [6.45, 7) is 0.292. The Kier molecular flexibility index (Phi) is 4.81. The van der Waals surface area contributed by atoms with Crippen LogP contribution in [0.3, 0.4) is 0 Å². The number of hydrogen-bond donors (Lipinski definition) is 1. The fourth-order valence-electron chi connectivity index (χ4n) is 2.16. The maximum atomic E-state index is 11.9. The number of ether oxygens (including phenoxy) is 2. The molecule has 2 aromatic rings. The third-order valence-corrected chi connectivity index (χ3v) is 3.25. The van der Waals surface area contributed by atoms with E-state index in [-0.39, 0.29) is 5.97 Å². The maximum Gasteiger partial charge on any atom is 0.327 e. The van der Waals surface area contributed by atoms with Crippen LogP contribution < -0.4 is 10.1 Å². The van der Waals surface area contributed by atoms with Crippen molar-refractivity contribution in [3.05, 3.63) is 42.0 Å². The molecular weight excluding hydrogens is 266 g/mol. The largest absolute Gasteiger partial charge is 0.497 e. The molecule has 2 aromatic carbocycles. The maximum absolute atomic E-state index is 11.9. The van der Waals surface area contributed by atoms with E-state index in [9.17, 15) is 4.79 Å². The summed E-state index contributed by atoms with van der Waals surface area (Å²) in [5, 5.41) is 5.05. The standard InChI is InChI=1S/C17H17NO3/c1-4-9-18-16(17(19)21-3)14-6-5-13-11-15(20-2)8-7-12(13)10-14/h1,5-8,10-11,16,18H,9H2,2-3H3. The highest BCUT2D eigenvalue weighted by molar-refractivity contribution is 5.86. The van der Waals surface area contributed by atoms with Gasteiger partial charge >= 0.3 is 5.97 Å². The molecule has 0 saturated carbocycles. The van der Waals surface area contributed by atoms with Gasteiger partial charge in [-0.2, -0.15) is 0 Å². The van der Waals surface area contributed by atoms with Crippen LogP contribution in [0, 0.1) is 12.3 Å². The van der Waals surface area contributed by atoms with E-state index in [1.54, 1.807) is 7.11 Å². The Hall–Kier alpha value is -2.51. The van der Waals surface area contributed by atoms with Crippen molar-refractivity contribution in [2.75, 3.05) is 20.8 Å². The summed E-state index contributed by atoms with van der Waals surface area (Å²) in [6.07, 6.45) is 5.24. The summed E-state index contributed by atoms with van der Waals surface area (Å²) in [4.78, 5) is 11.9. The second kappa shape index (κ2) is 6.78. The number of esters is 1. The van der Waals surface area contributed by atoms with Crippen LogP contribution in [0.4, 0.5) is 0 Å². The van der Waals surface area contributed by atoms with Gasteiger partial charge in [0.2, 0.25) is 0 Å². The van der Waals surface area contributed by atoms with Gasteiger partial charge in [0.05, 0.1) is 20.8 Å². The third-order valence-electron chi connectivity index (χ3n) is 3.25. The first-order valence-electron chi connectivity index (χ1n) is 6.52. The number of nitrogens with one attached hydrogen (secondary N) is 1. The van der Waals surface area contributed by atoms with Crippen molar-refractivity contribution in [2.45, 2.75) is 6.04 Å². The summed E-state index contributed by atoms with van der Waals surface area (Å²) in [7, 11) is 2.99. The molecule has 2 rings (SSSR count). The SMILES string of the molecule is C#CCNC(C(=O)OC)c1ccc2cc(OC)ccc2c1. The van der Waals surface area contributed by atoms with E-state index in [1.165, 1.54) is 7.11 Å². The molecule has 0 spiro atoms. The van der Waals surface area contributed by atoms with E-state index in [0.29, 0.717) is 6.54 Å². The molecule has 0 saturated heterocycles. The van der Waals surface area contributed by atoms with Gasteiger partial charge in [0, 0.05) is 0 Å². The Morgan fingerprint density at radius 3 is 2.62 bits per heavy atom. The van der Waals surface area contributed by atoms with E-state index in [1.807, 2.05) is 36.4 Å². The van der Waals surface area contributed by atoms with E-state index in [4.69, 9.17) is 15.9 Å². The molecule has 1 atom stereocenters. The molecule has 4 heteroatoms. The summed E-state index contributed by atoms with van der Waals surface area (Å²) < 4.78 is 10.0. The second-order valence-electron chi connectivity index (χ2n) is 4.51. The average Bonchev–Trinajstić information content (AvgIpc) is 2.54. The van der Waals surface area contributed by atoms with Gasteiger partial charge < -0.3 is 9.47 Å². The fourth-order valence-corrected chi connectivity index (χ4v) is 2.16. The predicted octanol–water partition coefficient (Wildman–Crippen LogP) is 2.29. The Balaban J connectivity index is 2.39. The third kappa shape index (κ3) is 3.33. The molecule has 0 fully saturated rings. The first kappa shape index (κ1) is 14.9. The highest BCUT2D eigenvalue weighted by Gasteiger charge is 2.20. The minimum Gasteiger partial charge on any atom is -0.497 e. The average molecular weight is 283 g/mol. The van der Waals surface area contributed by atoms with Crippen molar-refractivity contribution < 1.29 is 14.3 Å².